The van der Waals surface area contributed by atoms with Gasteiger partial charge < -0.3 is 0 Å². The van der Waals surface area contributed by atoms with Gasteiger partial charge in [-0.1, -0.05) is 104 Å². The van der Waals surface area contributed by atoms with Gasteiger partial charge in [0.05, 0.1) is 11.2 Å². The molecule has 5 heteroatoms. The number of fused-ring (bicyclic) bond motifs is 10. The van der Waals surface area contributed by atoms with E-state index >= 15 is 0 Å². The number of nitrogens with zero attached hydrogens (tertiary/aromatic N) is 3. The van der Waals surface area contributed by atoms with Crippen LogP contribution in [0.2, 0.25) is 0 Å². The monoisotopic (exact) mass is 625 g/mol. The van der Waals surface area contributed by atoms with E-state index in [1.165, 1.54) is 62.5 Å². The molecule has 3 nitrogen and oxygen atoms in total. The minimum absolute atomic E-state index is 0.352. The highest BCUT2D eigenvalue weighted by atomic mass is 32.1. The number of hydrogen-bond donors (Lipinski definition) is 0. The third kappa shape index (κ3) is 3.82. The number of thiophene rings is 2. The van der Waals surface area contributed by atoms with Crippen LogP contribution in [0.4, 0.5) is 0 Å². The van der Waals surface area contributed by atoms with Gasteiger partial charge in [-0.05, 0) is 30.7 Å². The first-order valence-electron chi connectivity index (χ1n) is 15.7. The summed E-state index contributed by atoms with van der Waals surface area (Å²) in [4.78, 5) is 10.6. The Bertz CT molecular complexity index is 2690. The van der Waals surface area contributed by atoms with Gasteiger partial charge in [-0.3, -0.25) is 4.57 Å². The molecular weight excluding hydrogens is 599 g/mol. The summed E-state index contributed by atoms with van der Waals surface area (Å²) in [5, 5.41) is 6.55. The zero-order valence-corrected chi connectivity index (χ0v) is 26.7. The van der Waals surface area contributed by atoms with Gasteiger partial charge in [-0.15, -0.1) is 22.7 Å². The van der Waals surface area contributed by atoms with Crippen molar-refractivity contribution in [1.29, 1.82) is 0 Å². The van der Waals surface area contributed by atoms with Crippen LogP contribution < -0.4 is 0 Å². The number of rotatable bonds is 3. The van der Waals surface area contributed by atoms with Crippen molar-refractivity contribution in [2.45, 2.75) is 19.3 Å². The molecule has 0 bridgehead atoms. The van der Waals surface area contributed by atoms with Crippen LogP contribution in [-0.4, -0.2) is 14.5 Å². The zero-order valence-electron chi connectivity index (χ0n) is 25.1. The molecule has 0 amide bonds. The molecule has 4 aromatic heterocycles. The van der Waals surface area contributed by atoms with E-state index in [9.17, 15) is 0 Å². The molecule has 0 N–H and O–H groups in total. The van der Waals surface area contributed by atoms with E-state index in [4.69, 9.17) is 9.97 Å². The first-order chi connectivity index (χ1) is 22.7. The topological polar surface area (TPSA) is 30.7 Å². The molecule has 46 heavy (non-hydrogen) atoms. The minimum Gasteiger partial charge on any atom is -0.297 e. The molecular formula is C41H27N3S2. The SMILES string of the molecule is CC1CC=Cc2c1n(-c1cc(-c3ccccc3)nc(-c3ccc4c(c3)sc3ccccc34)n1)c1ccc3c4ccccc4sc3c21. The molecule has 1 atom stereocenters. The number of allylic oxidation sites excluding steroid dienone is 1. The average molecular weight is 626 g/mol. The van der Waals surface area contributed by atoms with Crippen LogP contribution in [0.5, 0.6) is 0 Å². The molecule has 9 aromatic rings. The molecule has 1 aliphatic carbocycles. The van der Waals surface area contributed by atoms with Gasteiger partial charge in [-0.25, -0.2) is 9.97 Å². The fourth-order valence-corrected chi connectivity index (χ4v) is 9.71. The highest BCUT2D eigenvalue weighted by molar-refractivity contribution is 7.26. The summed E-state index contributed by atoms with van der Waals surface area (Å²) in [5.41, 5.74) is 6.88. The molecule has 218 valence electrons. The van der Waals surface area contributed by atoms with Crippen LogP contribution in [0.25, 0.3) is 85.8 Å². The predicted octanol–water partition coefficient (Wildman–Crippen LogP) is 12.0. The van der Waals surface area contributed by atoms with Gasteiger partial charge in [0.25, 0.3) is 0 Å². The maximum atomic E-state index is 5.38. The second kappa shape index (κ2) is 9.95. The van der Waals surface area contributed by atoms with Gasteiger partial charge >= 0.3 is 0 Å². The van der Waals surface area contributed by atoms with Crippen molar-refractivity contribution in [3.05, 3.63) is 133 Å². The summed E-state index contributed by atoms with van der Waals surface area (Å²) in [7, 11) is 0. The van der Waals surface area contributed by atoms with Crippen molar-refractivity contribution in [1.82, 2.24) is 14.5 Å². The Morgan fingerprint density at radius 1 is 0.652 bits per heavy atom. The predicted molar refractivity (Wildman–Crippen MR) is 198 cm³/mol. The number of hydrogen-bond acceptors (Lipinski definition) is 4. The zero-order chi connectivity index (χ0) is 30.4. The van der Waals surface area contributed by atoms with Crippen LogP contribution in [0.15, 0.2) is 121 Å². The summed E-state index contributed by atoms with van der Waals surface area (Å²) in [6.07, 6.45) is 5.68. The second-order valence-electron chi connectivity index (χ2n) is 12.2. The Morgan fingerprint density at radius 3 is 2.22 bits per heavy atom. The van der Waals surface area contributed by atoms with Crippen molar-refractivity contribution in [3.63, 3.8) is 0 Å². The van der Waals surface area contributed by atoms with E-state index in [0.717, 1.165) is 34.9 Å². The van der Waals surface area contributed by atoms with Crippen LogP contribution in [-0.2, 0) is 0 Å². The van der Waals surface area contributed by atoms with Crippen molar-refractivity contribution in [2.24, 2.45) is 0 Å². The molecule has 5 aromatic carbocycles. The highest BCUT2D eigenvalue weighted by Crippen LogP contribution is 2.46. The molecule has 0 spiro atoms. The Kier molecular flexibility index (Phi) is 5.66. The van der Waals surface area contributed by atoms with Gasteiger partial charge in [0.1, 0.15) is 5.82 Å². The largest absolute Gasteiger partial charge is 0.297 e. The minimum atomic E-state index is 0.352. The maximum Gasteiger partial charge on any atom is 0.162 e. The highest BCUT2D eigenvalue weighted by Gasteiger charge is 2.27. The first-order valence-corrected chi connectivity index (χ1v) is 17.4. The van der Waals surface area contributed by atoms with Crippen LogP contribution in [0.3, 0.4) is 0 Å². The normalized spacial score (nSPS) is 14.7. The van der Waals surface area contributed by atoms with Crippen LogP contribution in [0.1, 0.15) is 30.5 Å². The Balaban J connectivity index is 1.27. The van der Waals surface area contributed by atoms with Gasteiger partial charge in [0, 0.05) is 80.1 Å². The Labute approximate surface area is 273 Å². The van der Waals surface area contributed by atoms with Gasteiger partial charge in [0.2, 0.25) is 0 Å². The van der Waals surface area contributed by atoms with E-state index in [0.29, 0.717) is 5.92 Å². The fraction of sp³-hybridized carbons (Fsp3) is 0.0732. The van der Waals surface area contributed by atoms with Gasteiger partial charge in [0.15, 0.2) is 5.82 Å². The van der Waals surface area contributed by atoms with E-state index in [2.05, 4.69) is 139 Å². The van der Waals surface area contributed by atoms with Crippen molar-refractivity contribution in [2.75, 3.05) is 0 Å². The summed E-state index contributed by atoms with van der Waals surface area (Å²) in [5.74, 6) is 2.01. The molecule has 1 unspecified atom stereocenters. The second-order valence-corrected chi connectivity index (χ2v) is 14.4. The van der Waals surface area contributed by atoms with Crippen molar-refractivity contribution < 1.29 is 0 Å². The summed E-state index contributed by atoms with van der Waals surface area (Å²) >= 11 is 3.73. The van der Waals surface area contributed by atoms with Crippen LogP contribution >= 0.6 is 22.7 Å². The first kappa shape index (κ1) is 26.1. The fourth-order valence-electron chi connectivity index (χ4n) is 7.31. The smallest absolute Gasteiger partial charge is 0.162 e. The lowest BCUT2D eigenvalue weighted by Gasteiger charge is -2.19. The lowest BCUT2D eigenvalue weighted by atomic mass is 9.93. The van der Waals surface area contributed by atoms with E-state index in [1.54, 1.807) is 0 Å². The molecule has 4 heterocycles. The molecule has 0 saturated carbocycles. The Hall–Kier alpha value is -5.10. The lowest BCUT2D eigenvalue weighted by molar-refractivity contribution is 0.718. The maximum absolute atomic E-state index is 5.38. The molecule has 0 radical (unpaired) electrons. The van der Waals surface area contributed by atoms with Crippen molar-refractivity contribution >= 4 is 80.0 Å². The van der Waals surface area contributed by atoms with Gasteiger partial charge in [-0.2, -0.15) is 0 Å². The number of aromatic nitrogens is 3. The molecule has 1 aliphatic rings. The average Bonchev–Trinajstić information content (AvgIpc) is 3.78. The molecule has 0 saturated heterocycles. The summed E-state index contributed by atoms with van der Waals surface area (Å²) < 4.78 is 7.66. The molecule has 0 aliphatic heterocycles. The quantitative estimate of drug-likeness (QED) is 0.196. The summed E-state index contributed by atoms with van der Waals surface area (Å²) in [6.45, 7) is 2.34. The van der Waals surface area contributed by atoms with E-state index in [1.807, 2.05) is 22.7 Å². The third-order valence-electron chi connectivity index (χ3n) is 9.44. The van der Waals surface area contributed by atoms with E-state index in [-0.39, 0.29) is 0 Å². The van der Waals surface area contributed by atoms with E-state index < -0.39 is 0 Å². The molecule has 10 rings (SSSR count). The van der Waals surface area contributed by atoms with Crippen LogP contribution in [0, 0.1) is 0 Å². The lowest BCUT2D eigenvalue weighted by Crippen LogP contribution is -2.09. The molecule has 0 fully saturated rings. The summed E-state index contributed by atoms with van der Waals surface area (Å²) in [6, 6.07) is 41.4. The Morgan fingerprint density at radius 2 is 1.37 bits per heavy atom. The van der Waals surface area contributed by atoms with Crippen molar-refractivity contribution in [3.8, 4) is 28.5 Å². The number of benzene rings is 5. The standard InChI is InChI=1S/C41H27N3S2/c1-24-10-9-15-31-38-33(21-20-30-28-14-6-8-17-35(28)46-40(30)38)44(39(24)31)37-23-32(25-11-3-2-4-12-25)42-41(43-37)26-18-19-29-27-13-5-7-16-34(27)45-36(29)22-26/h2-9,11-24H,10H2,1H3. The third-order valence-corrected chi connectivity index (χ3v) is 11.8.